The Morgan fingerprint density at radius 1 is 1.55 bits per heavy atom. The molecule has 2 atom stereocenters. The Labute approximate surface area is 117 Å². The Hall–Kier alpha value is -1.89. The normalized spacial score (nSPS) is 22.9. The zero-order chi connectivity index (χ0) is 14.9. The Morgan fingerprint density at radius 3 is 2.80 bits per heavy atom. The lowest BCUT2D eigenvalue weighted by Crippen LogP contribution is -2.47. The highest BCUT2D eigenvalue weighted by molar-refractivity contribution is 5.93. The molecule has 0 aromatic carbocycles. The molecule has 1 aromatic heterocycles. The molecule has 1 fully saturated rings. The summed E-state index contributed by atoms with van der Waals surface area (Å²) in [5.74, 6) is 0.150. The molecule has 1 saturated heterocycles. The molecule has 1 aliphatic rings. The Bertz CT molecular complexity index is 526. The summed E-state index contributed by atoms with van der Waals surface area (Å²) in [5.41, 5.74) is 5.98. The van der Waals surface area contributed by atoms with Crippen molar-refractivity contribution in [3.63, 3.8) is 0 Å². The summed E-state index contributed by atoms with van der Waals surface area (Å²) in [4.78, 5) is 24.6. The number of piperidine rings is 1. The van der Waals surface area contributed by atoms with Crippen molar-refractivity contribution in [2.45, 2.75) is 25.8 Å². The quantitative estimate of drug-likeness (QED) is 0.663. The summed E-state index contributed by atoms with van der Waals surface area (Å²) in [6.45, 7) is 3.18. The van der Waals surface area contributed by atoms with E-state index >= 15 is 0 Å². The molecule has 0 radical (unpaired) electrons. The number of nitrogens with two attached hydrogens (primary N) is 1. The molecule has 0 saturated carbocycles. The van der Waals surface area contributed by atoms with Crippen LogP contribution in [0.3, 0.4) is 0 Å². The third-order valence-corrected chi connectivity index (χ3v) is 3.99. The van der Waals surface area contributed by atoms with Gasteiger partial charge in [0.2, 0.25) is 0 Å². The highest BCUT2D eigenvalue weighted by Gasteiger charge is 2.31. The monoisotopic (exact) mass is 280 g/mol. The van der Waals surface area contributed by atoms with Crippen LogP contribution in [-0.2, 0) is 7.05 Å². The van der Waals surface area contributed by atoms with Crippen molar-refractivity contribution in [2.24, 2.45) is 18.7 Å². The minimum atomic E-state index is -0.487. The van der Waals surface area contributed by atoms with Crippen LogP contribution < -0.4 is 5.73 Å². The lowest BCUT2D eigenvalue weighted by atomic mass is 9.93. The van der Waals surface area contributed by atoms with E-state index in [1.54, 1.807) is 11.9 Å². The Kier molecular flexibility index (Phi) is 4.08. The molecule has 2 N–H and O–H groups in total. The molecular formula is C13H20N4O3. The molecule has 1 aromatic rings. The minimum absolute atomic E-state index is 0.0594. The van der Waals surface area contributed by atoms with Crippen LogP contribution in [0.25, 0.3) is 0 Å². The fourth-order valence-electron chi connectivity index (χ4n) is 2.66. The number of nitrogens with zero attached hydrogens (tertiary/aromatic N) is 3. The van der Waals surface area contributed by atoms with Crippen molar-refractivity contribution in [3.8, 4) is 0 Å². The second kappa shape index (κ2) is 5.62. The van der Waals surface area contributed by atoms with Gasteiger partial charge in [-0.15, -0.1) is 0 Å². The first-order valence-corrected chi connectivity index (χ1v) is 6.75. The van der Waals surface area contributed by atoms with Gasteiger partial charge in [-0.25, -0.2) is 0 Å². The number of hydrogen-bond donors (Lipinski definition) is 1. The van der Waals surface area contributed by atoms with Crippen LogP contribution in [0.5, 0.6) is 0 Å². The fourth-order valence-corrected chi connectivity index (χ4v) is 2.66. The number of aryl methyl sites for hydroxylation is 1. The van der Waals surface area contributed by atoms with E-state index in [9.17, 15) is 14.9 Å². The molecule has 110 valence electrons. The molecule has 2 rings (SSSR count). The second-order valence-corrected chi connectivity index (χ2v) is 5.44. The predicted octanol–water partition coefficient (Wildman–Crippen LogP) is 1.13. The number of nitro groups is 1. The number of carbonyl (C=O) groups excluding carboxylic acids is 1. The first-order valence-electron chi connectivity index (χ1n) is 6.75. The van der Waals surface area contributed by atoms with Crippen molar-refractivity contribution < 1.29 is 9.72 Å². The van der Waals surface area contributed by atoms with Gasteiger partial charge in [-0.2, -0.15) is 0 Å². The third-order valence-electron chi connectivity index (χ3n) is 3.99. The first kappa shape index (κ1) is 14.5. The zero-order valence-electron chi connectivity index (χ0n) is 11.8. The molecule has 1 amide bonds. The number of carbonyl (C=O) groups is 1. The van der Waals surface area contributed by atoms with E-state index in [1.807, 2.05) is 6.92 Å². The number of hydrogen-bond acceptors (Lipinski definition) is 4. The molecule has 7 nitrogen and oxygen atoms in total. The average Bonchev–Trinajstić information content (AvgIpc) is 2.81. The van der Waals surface area contributed by atoms with Crippen molar-refractivity contribution in [3.05, 3.63) is 28.1 Å². The van der Waals surface area contributed by atoms with Crippen molar-refractivity contribution in [1.29, 1.82) is 0 Å². The van der Waals surface area contributed by atoms with E-state index in [2.05, 4.69) is 0 Å². The number of amides is 1. The van der Waals surface area contributed by atoms with Gasteiger partial charge in [0.1, 0.15) is 5.69 Å². The Balaban J connectivity index is 2.23. The van der Waals surface area contributed by atoms with E-state index in [1.165, 1.54) is 16.8 Å². The van der Waals surface area contributed by atoms with E-state index in [4.69, 9.17) is 5.73 Å². The number of aromatic nitrogens is 1. The molecule has 0 aliphatic carbocycles. The minimum Gasteiger partial charge on any atom is -0.340 e. The maximum absolute atomic E-state index is 12.6. The highest BCUT2D eigenvalue weighted by atomic mass is 16.6. The van der Waals surface area contributed by atoms with Gasteiger partial charge in [0.05, 0.1) is 11.1 Å². The van der Waals surface area contributed by atoms with Crippen LogP contribution in [0.1, 0.15) is 30.3 Å². The van der Waals surface area contributed by atoms with Gasteiger partial charge in [-0.05, 0) is 32.2 Å². The smallest absolute Gasteiger partial charge is 0.287 e. The Morgan fingerprint density at radius 2 is 2.25 bits per heavy atom. The lowest BCUT2D eigenvalue weighted by molar-refractivity contribution is -0.384. The predicted molar refractivity (Wildman–Crippen MR) is 74.3 cm³/mol. The number of likely N-dealkylation sites (tertiary alicyclic amines) is 1. The topological polar surface area (TPSA) is 94.4 Å². The summed E-state index contributed by atoms with van der Waals surface area (Å²) in [6.07, 6.45) is 3.30. The van der Waals surface area contributed by atoms with E-state index in [0.717, 1.165) is 12.8 Å². The van der Waals surface area contributed by atoms with Gasteiger partial charge in [0, 0.05) is 25.7 Å². The SMILES string of the molecule is CC1CCC(CN)CN1C(=O)c1cc([N+](=O)[O-])cn1C. The standard InChI is InChI=1S/C13H20N4O3/c1-9-3-4-10(6-14)7-16(9)13(18)12-5-11(17(19)20)8-15(12)2/h5,8-10H,3-4,6-7,14H2,1-2H3. The van der Waals surface area contributed by atoms with Gasteiger partial charge < -0.3 is 15.2 Å². The molecule has 0 spiro atoms. The molecule has 20 heavy (non-hydrogen) atoms. The molecular weight excluding hydrogens is 260 g/mol. The third kappa shape index (κ3) is 2.67. The van der Waals surface area contributed by atoms with Crippen LogP contribution >= 0.6 is 0 Å². The summed E-state index contributed by atoms with van der Waals surface area (Å²) < 4.78 is 1.51. The average molecular weight is 280 g/mol. The first-order chi connectivity index (χ1) is 9.43. The summed E-state index contributed by atoms with van der Waals surface area (Å²) in [5, 5.41) is 10.8. The van der Waals surface area contributed by atoms with Crippen LogP contribution in [0, 0.1) is 16.0 Å². The van der Waals surface area contributed by atoms with Gasteiger partial charge >= 0.3 is 0 Å². The molecule has 0 bridgehead atoms. The zero-order valence-corrected chi connectivity index (χ0v) is 11.8. The van der Waals surface area contributed by atoms with Crippen LogP contribution in [0.4, 0.5) is 5.69 Å². The molecule has 7 heteroatoms. The van der Waals surface area contributed by atoms with Crippen LogP contribution in [0.15, 0.2) is 12.3 Å². The highest BCUT2D eigenvalue weighted by Crippen LogP contribution is 2.24. The van der Waals surface area contributed by atoms with E-state index in [0.29, 0.717) is 24.7 Å². The summed E-state index contributed by atoms with van der Waals surface area (Å²) in [7, 11) is 1.65. The van der Waals surface area contributed by atoms with Gasteiger partial charge in [-0.3, -0.25) is 14.9 Å². The van der Waals surface area contributed by atoms with E-state index in [-0.39, 0.29) is 17.6 Å². The second-order valence-electron chi connectivity index (χ2n) is 5.44. The van der Waals surface area contributed by atoms with Crippen LogP contribution in [0.2, 0.25) is 0 Å². The maximum Gasteiger partial charge on any atom is 0.287 e. The van der Waals surface area contributed by atoms with Crippen molar-refractivity contribution >= 4 is 11.6 Å². The summed E-state index contributed by atoms with van der Waals surface area (Å²) in [6, 6.07) is 1.47. The van der Waals surface area contributed by atoms with Gasteiger partial charge in [0.25, 0.3) is 11.6 Å². The summed E-state index contributed by atoms with van der Waals surface area (Å²) >= 11 is 0. The maximum atomic E-state index is 12.6. The van der Waals surface area contributed by atoms with Gasteiger partial charge in [0.15, 0.2) is 0 Å². The largest absolute Gasteiger partial charge is 0.340 e. The number of rotatable bonds is 3. The lowest BCUT2D eigenvalue weighted by Gasteiger charge is -2.37. The van der Waals surface area contributed by atoms with Gasteiger partial charge in [-0.1, -0.05) is 0 Å². The van der Waals surface area contributed by atoms with Crippen LogP contribution in [-0.4, -0.2) is 39.4 Å². The molecule has 2 unspecified atom stereocenters. The van der Waals surface area contributed by atoms with E-state index < -0.39 is 4.92 Å². The van der Waals surface area contributed by atoms with Crippen molar-refractivity contribution in [1.82, 2.24) is 9.47 Å². The molecule has 2 heterocycles. The fraction of sp³-hybridized carbons (Fsp3) is 0.615. The van der Waals surface area contributed by atoms with Crippen molar-refractivity contribution in [2.75, 3.05) is 13.1 Å². The molecule has 1 aliphatic heterocycles.